The number of pyridine rings is 1. The Morgan fingerprint density at radius 3 is 2.22 bits per heavy atom. The molecule has 2 aromatic heterocycles. The molecule has 0 fully saturated rings. The summed E-state index contributed by atoms with van der Waals surface area (Å²) in [6.07, 6.45) is 4.13. The Morgan fingerprint density at radius 1 is 0.719 bits per heavy atom. The van der Waals surface area contributed by atoms with E-state index in [9.17, 15) is 0 Å². The number of furan rings is 1. The van der Waals surface area contributed by atoms with Crippen LogP contribution in [0.1, 0.15) is 23.4 Å². The lowest BCUT2D eigenvalue weighted by atomic mass is 9.92. The monoisotopic (exact) mass is 433 g/mol. The molecule has 0 saturated carbocycles. The number of fused-ring (bicyclic) bond motifs is 3. The fraction of sp³-hybridized carbons (Fsp3) is 0.0690. The van der Waals surface area contributed by atoms with Crippen LogP contribution in [0.4, 0.5) is 0 Å². The van der Waals surface area contributed by atoms with Gasteiger partial charge in [-0.25, -0.2) is 4.98 Å². The summed E-state index contributed by atoms with van der Waals surface area (Å²) in [6, 6.07) is 31.0. The molecule has 0 N–H and O–H groups in total. The van der Waals surface area contributed by atoms with Gasteiger partial charge in [-0.1, -0.05) is 78.3 Å². The number of nitrogens with zero attached hydrogens (tertiary/aromatic N) is 1. The van der Waals surface area contributed by atoms with Crippen molar-refractivity contribution in [3.8, 4) is 22.4 Å². The minimum atomic E-state index is 0.729. The highest BCUT2D eigenvalue weighted by molar-refractivity contribution is 6.31. The Hall–Kier alpha value is -3.62. The van der Waals surface area contributed by atoms with Gasteiger partial charge in [0.2, 0.25) is 0 Å². The minimum absolute atomic E-state index is 0.729. The number of rotatable bonds is 3. The molecule has 3 heteroatoms. The number of benzene rings is 3. The highest BCUT2D eigenvalue weighted by atomic mass is 35.5. The van der Waals surface area contributed by atoms with Gasteiger partial charge in [0.25, 0.3) is 0 Å². The van der Waals surface area contributed by atoms with Crippen molar-refractivity contribution in [2.75, 3.05) is 0 Å². The molecule has 2 nitrogen and oxygen atoms in total. The summed E-state index contributed by atoms with van der Waals surface area (Å²) in [5, 5.41) is 1.83. The smallest absolute Gasteiger partial charge is 0.140 e. The first-order chi connectivity index (χ1) is 15.8. The second-order valence-corrected chi connectivity index (χ2v) is 8.50. The van der Waals surface area contributed by atoms with Crippen LogP contribution in [0.15, 0.2) is 101 Å². The normalized spacial score (nSPS) is 13.1. The van der Waals surface area contributed by atoms with Gasteiger partial charge in [0.05, 0.1) is 11.4 Å². The summed E-state index contributed by atoms with van der Waals surface area (Å²) in [5.74, 6) is 0.908. The van der Waals surface area contributed by atoms with E-state index in [0.29, 0.717) is 0 Å². The van der Waals surface area contributed by atoms with Crippen LogP contribution >= 0.6 is 11.6 Å². The lowest BCUT2D eigenvalue weighted by molar-refractivity contribution is 0.590. The average molecular weight is 434 g/mol. The Kier molecular flexibility index (Phi) is 4.66. The van der Waals surface area contributed by atoms with Crippen molar-refractivity contribution < 1.29 is 4.42 Å². The molecule has 0 spiro atoms. The zero-order chi connectivity index (χ0) is 21.5. The van der Waals surface area contributed by atoms with E-state index in [4.69, 9.17) is 21.0 Å². The molecule has 6 rings (SSSR count). The third kappa shape index (κ3) is 3.34. The molecule has 0 bridgehead atoms. The first-order valence-electron chi connectivity index (χ1n) is 10.8. The Bertz CT molecular complexity index is 1410. The summed E-state index contributed by atoms with van der Waals surface area (Å²) in [5.41, 5.74) is 8.42. The molecule has 0 unspecified atom stereocenters. The van der Waals surface area contributed by atoms with Crippen LogP contribution in [-0.4, -0.2) is 4.98 Å². The van der Waals surface area contributed by atoms with E-state index >= 15 is 0 Å². The quantitative estimate of drug-likeness (QED) is 0.286. The van der Waals surface area contributed by atoms with Gasteiger partial charge >= 0.3 is 0 Å². The van der Waals surface area contributed by atoms with Gasteiger partial charge in [-0.2, -0.15) is 0 Å². The number of allylic oxidation sites excluding steroid dienone is 1. The van der Waals surface area contributed by atoms with Gasteiger partial charge in [0.1, 0.15) is 11.3 Å². The highest BCUT2D eigenvalue weighted by Crippen LogP contribution is 2.40. The topological polar surface area (TPSA) is 26.0 Å². The fourth-order valence-corrected chi connectivity index (χ4v) is 4.66. The maximum absolute atomic E-state index is 6.34. The molecule has 0 aliphatic heterocycles. The van der Waals surface area contributed by atoms with Crippen LogP contribution in [-0.2, 0) is 6.42 Å². The molecule has 3 aromatic carbocycles. The summed E-state index contributed by atoms with van der Waals surface area (Å²) >= 11 is 6.28. The fourth-order valence-electron chi connectivity index (χ4n) is 4.48. The van der Waals surface area contributed by atoms with Crippen molar-refractivity contribution in [1.29, 1.82) is 0 Å². The highest BCUT2D eigenvalue weighted by Gasteiger charge is 2.23. The van der Waals surface area contributed by atoms with E-state index in [1.54, 1.807) is 0 Å². The van der Waals surface area contributed by atoms with Gasteiger partial charge in [-0.15, -0.1) is 0 Å². The van der Waals surface area contributed by atoms with Gasteiger partial charge in [0, 0.05) is 27.1 Å². The van der Waals surface area contributed by atoms with E-state index in [-0.39, 0.29) is 0 Å². The van der Waals surface area contributed by atoms with E-state index in [1.807, 2.05) is 42.5 Å². The zero-order valence-electron chi connectivity index (χ0n) is 17.4. The van der Waals surface area contributed by atoms with Gasteiger partial charge in [-0.05, 0) is 54.3 Å². The number of aryl methyl sites for hydroxylation is 1. The number of halogens is 1. The summed E-state index contributed by atoms with van der Waals surface area (Å²) in [7, 11) is 0. The molecule has 0 radical (unpaired) electrons. The van der Waals surface area contributed by atoms with Gasteiger partial charge in [-0.3, -0.25) is 0 Å². The van der Waals surface area contributed by atoms with E-state index in [2.05, 4.69) is 54.6 Å². The second-order valence-electron chi connectivity index (χ2n) is 8.07. The molecular formula is C29H20ClNO. The van der Waals surface area contributed by atoms with Crippen LogP contribution in [0.5, 0.6) is 0 Å². The predicted octanol–water partition coefficient (Wildman–Crippen LogP) is 8.19. The first-order valence-corrected chi connectivity index (χ1v) is 11.2. The predicted molar refractivity (Wildman–Crippen MR) is 132 cm³/mol. The molecule has 2 heterocycles. The molecule has 154 valence electrons. The standard InChI is InChI=1S/C29H20ClNO/c30-22-14-15-28-25(18-22)23-12-7-13-24(29(23)32-28)27-17-21(19-8-3-1-4-9-19)16-26(31-27)20-10-5-2-6-11-20/h1-6,8-11,13-18H,7,12H2. The SMILES string of the molecule is Clc1ccc2oc3c(c2c1)CCC=C3c1cc(-c2ccccc2)cc(-c2ccccc2)n1. The second kappa shape index (κ2) is 7.81. The molecule has 0 saturated heterocycles. The van der Waals surface area contributed by atoms with E-state index in [1.165, 1.54) is 11.1 Å². The van der Waals surface area contributed by atoms with E-state index < -0.39 is 0 Å². The Morgan fingerprint density at radius 2 is 1.44 bits per heavy atom. The molecule has 1 aliphatic carbocycles. The third-order valence-electron chi connectivity index (χ3n) is 6.02. The molecule has 0 atom stereocenters. The zero-order valence-corrected chi connectivity index (χ0v) is 18.1. The van der Waals surface area contributed by atoms with Crippen LogP contribution < -0.4 is 0 Å². The van der Waals surface area contributed by atoms with Crippen molar-refractivity contribution in [3.05, 3.63) is 119 Å². The summed E-state index contributed by atoms with van der Waals surface area (Å²) in [6.45, 7) is 0. The van der Waals surface area contributed by atoms with E-state index in [0.717, 1.165) is 62.7 Å². The van der Waals surface area contributed by atoms with Crippen molar-refractivity contribution in [2.45, 2.75) is 12.8 Å². The van der Waals surface area contributed by atoms with Crippen molar-refractivity contribution in [3.63, 3.8) is 0 Å². The van der Waals surface area contributed by atoms with Crippen LogP contribution in [0, 0.1) is 0 Å². The minimum Gasteiger partial charge on any atom is -0.456 e. The average Bonchev–Trinajstić information content (AvgIpc) is 3.23. The molecule has 0 amide bonds. The number of hydrogen-bond donors (Lipinski definition) is 0. The Balaban J connectivity index is 1.56. The van der Waals surface area contributed by atoms with Gasteiger partial charge < -0.3 is 4.42 Å². The maximum Gasteiger partial charge on any atom is 0.140 e. The molecule has 1 aliphatic rings. The van der Waals surface area contributed by atoms with Crippen molar-refractivity contribution in [1.82, 2.24) is 4.98 Å². The molecule has 5 aromatic rings. The van der Waals surface area contributed by atoms with Crippen molar-refractivity contribution >= 4 is 28.1 Å². The molecular weight excluding hydrogens is 414 g/mol. The van der Waals surface area contributed by atoms with Gasteiger partial charge in [0.15, 0.2) is 0 Å². The Labute approximate surface area is 191 Å². The molecule has 32 heavy (non-hydrogen) atoms. The summed E-state index contributed by atoms with van der Waals surface area (Å²) < 4.78 is 6.34. The number of hydrogen-bond acceptors (Lipinski definition) is 2. The number of aromatic nitrogens is 1. The summed E-state index contributed by atoms with van der Waals surface area (Å²) in [4.78, 5) is 5.09. The van der Waals surface area contributed by atoms with Crippen molar-refractivity contribution in [2.24, 2.45) is 0 Å². The van der Waals surface area contributed by atoms with Crippen LogP contribution in [0.2, 0.25) is 5.02 Å². The largest absolute Gasteiger partial charge is 0.456 e. The lowest BCUT2D eigenvalue weighted by Gasteiger charge is -2.15. The van der Waals surface area contributed by atoms with Crippen LogP contribution in [0.25, 0.3) is 38.9 Å². The lowest BCUT2D eigenvalue weighted by Crippen LogP contribution is -2.01. The maximum atomic E-state index is 6.34. The first kappa shape index (κ1) is 19.1. The third-order valence-corrected chi connectivity index (χ3v) is 6.25. The van der Waals surface area contributed by atoms with Crippen LogP contribution in [0.3, 0.4) is 0 Å².